The van der Waals surface area contributed by atoms with Crippen LogP contribution in [0.3, 0.4) is 0 Å². The van der Waals surface area contributed by atoms with E-state index >= 15 is 0 Å². The number of rotatable bonds is 5. The summed E-state index contributed by atoms with van der Waals surface area (Å²) in [6.45, 7) is 4.88. The van der Waals surface area contributed by atoms with Crippen LogP contribution in [-0.2, 0) is 4.79 Å². The summed E-state index contributed by atoms with van der Waals surface area (Å²) in [5.41, 5.74) is 3.10. The van der Waals surface area contributed by atoms with E-state index in [1.807, 2.05) is 26.0 Å². The second kappa shape index (κ2) is 8.89. The van der Waals surface area contributed by atoms with Gasteiger partial charge in [0.05, 0.1) is 5.69 Å². The number of likely N-dealkylation sites (tertiary alicyclic amines) is 1. The molecule has 0 saturated carbocycles. The highest BCUT2D eigenvalue weighted by Gasteiger charge is 2.29. The number of nitrogens with zero attached hydrogens (tertiary/aromatic N) is 3. The van der Waals surface area contributed by atoms with Crippen LogP contribution in [0.1, 0.15) is 29.2 Å². The minimum absolute atomic E-state index is 0.00635. The Bertz CT molecular complexity index is 1140. The van der Waals surface area contributed by atoms with Crippen LogP contribution in [0.5, 0.6) is 5.75 Å². The number of amides is 1. The number of halogens is 1. The molecule has 1 N–H and O–H groups in total. The second-order valence-corrected chi connectivity index (χ2v) is 8.12. The van der Waals surface area contributed by atoms with Gasteiger partial charge in [0.25, 0.3) is 11.5 Å². The van der Waals surface area contributed by atoms with E-state index in [0.29, 0.717) is 35.4 Å². The Labute approximate surface area is 185 Å². The zero-order valence-corrected chi connectivity index (χ0v) is 18.1. The first kappa shape index (κ1) is 21.1. The Balaban J connectivity index is 1.42. The summed E-state index contributed by atoms with van der Waals surface area (Å²) >= 11 is 6.19. The molecule has 1 aliphatic rings. The molecular formula is C23H23ClN4O3. The van der Waals surface area contributed by atoms with Gasteiger partial charge in [-0.2, -0.15) is 0 Å². The molecule has 0 bridgehead atoms. The molecule has 1 saturated heterocycles. The van der Waals surface area contributed by atoms with Crippen molar-refractivity contribution in [3.05, 3.63) is 74.9 Å². The molecule has 1 fully saturated rings. The number of nitrogens with one attached hydrogen (secondary N) is 1. The minimum Gasteiger partial charge on any atom is -0.484 e. The Hall–Kier alpha value is -3.19. The van der Waals surface area contributed by atoms with Crippen molar-refractivity contribution in [3.8, 4) is 17.1 Å². The third-order valence-corrected chi connectivity index (χ3v) is 6.04. The van der Waals surface area contributed by atoms with Crippen LogP contribution < -0.4 is 10.3 Å². The number of aromatic nitrogens is 3. The van der Waals surface area contributed by atoms with Crippen LogP contribution in [0.25, 0.3) is 11.4 Å². The third-order valence-electron chi connectivity index (χ3n) is 5.45. The van der Waals surface area contributed by atoms with Gasteiger partial charge in [-0.25, -0.2) is 4.98 Å². The number of aromatic amines is 1. The summed E-state index contributed by atoms with van der Waals surface area (Å²) in [6, 6.07) is 8.76. The maximum Gasteiger partial charge on any atom is 0.260 e. The molecular weight excluding hydrogens is 416 g/mol. The van der Waals surface area contributed by atoms with E-state index in [4.69, 9.17) is 16.3 Å². The number of ether oxygens (including phenoxy) is 1. The van der Waals surface area contributed by atoms with Crippen molar-refractivity contribution < 1.29 is 9.53 Å². The fraction of sp³-hybridized carbons (Fsp3) is 0.304. The monoisotopic (exact) mass is 438 g/mol. The number of carbonyl (C=O) groups is 1. The molecule has 0 spiro atoms. The van der Waals surface area contributed by atoms with E-state index in [1.165, 1.54) is 6.07 Å². The highest BCUT2D eigenvalue weighted by molar-refractivity contribution is 6.32. The third kappa shape index (κ3) is 4.77. The van der Waals surface area contributed by atoms with Gasteiger partial charge in [-0.15, -0.1) is 0 Å². The molecule has 3 aromatic rings. The van der Waals surface area contributed by atoms with Gasteiger partial charge in [0.15, 0.2) is 6.61 Å². The van der Waals surface area contributed by atoms with Crippen LogP contribution >= 0.6 is 11.6 Å². The van der Waals surface area contributed by atoms with E-state index in [0.717, 1.165) is 23.1 Å². The van der Waals surface area contributed by atoms with Gasteiger partial charge in [-0.1, -0.05) is 11.6 Å². The van der Waals surface area contributed by atoms with Gasteiger partial charge in [0, 0.05) is 48.1 Å². The molecule has 0 radical (unpaired) electrons. The number of H-pyrrole nitrogens is 1. The number of pyridine rings is 1. The molecule has 1 aromatic carbocycles. The largest absolute Gasteiger partial charge is 0.484 e. The highest BCUT2D eigenvalue weighted by atomic mass is 35.5. The molecule has 4 rings (SSSR count). The molecule has 31 heavy (non-hydrogen) atoms. The van der Waals surface area contributed by atoms with Crippen LogP contribution in [0.2, 0.25) is 5.02 Å². The topological polar surface area (TPSA) is 88.2 Å². The van der Waals surface area contributed by atoms with Crippen molar-refractivity contribution >= 4 is 17.5 Å². The quantitative estimate of drug-likeness (QED) is 0.658. The molecule has 3 heterocycles. The SMILES string of the molecule is Cc1cc(OCC(=O)N2CCC(c3cc(=O)[nH]c(-c4ccncc4)n3)C2)cc(C)c1Cl. The molecule has 160 valence electrons. The highest BCUT2D eigenvalue weighted by Crippen LogP contribution is 2.28. The number of carbonyl (C=O) groups excluding carboxylic acids is 1. The maximum atomic E-state index is 12.7. The molecule has 1 aliphatic heterocycles. The van der Waals surface area contributed by atoms with Crippen molar-refractivity contribution in [2.45, 2.75) is 26.2 Å². The van der Waals surface area contributed by atoms with Gasteiger partial charge in [-0.3, -0.25) is 14.6 Å². The lowest BCUT2D eigenvalue weighted by molar-refractivity contribution is -0.132. The van der Waals surface area contributed by atoms with Gasteiger partial charge in [-0.05, 0) is 55.7 Å². The van der Waals surface area contributed by atoms with E-state index in [1.54, 1.807) is 29.4 Å². The van der Waals surface area contributed by atoms with Crippen LogP contribution in [0, 0.1) is 13.8 Å². The van der Waals surface area contributed by atoms with Crippen LogP contribution in [0.15, 0.2) is 47.5 Å². The van der Waals surface area contributed by atoms with E-state index in [-0.39, 0.29) is 24.0 Å². The van der Waals surface area contributed by atoms with Crippen LogP contribution in [-0.4, -0.2) is 45.5 Å². The number of hydrogen-bond acceptors (Lipinski definition) is 5. The smallest absolute Gasteiger partial charge is 0.260 e. The maximum absolute atomic E-state index is 12.7. The van der Waals surface area contributed by atoms with E-state index in [2.05, 4.69) is 15.0 Å². The van der Waals surface area contributed by atoms with Crippen molar-refractivity contribution in [1.29, 1.82) is 0 Å². The Kier molecular flexibility index (Phi) is 6.04. The van der Waals surface area contributed by atoms with Gasteiger partial charge in [0.2, 0.25) is 0 Å². The minimum atomic E-state index is -0.210. The first-order valence-electron chi connectivity index (χ1n) is 10.1. The molecule has 1 amide bonds. The number of hydrogen-bond donors (Lipinski definition) is 1. The Morgan fingerprint density at radius 2 is 1.94 bits per heavy atom. The summed E-state index contributed by atoms with van der Waals surface area (Å²) in [7, 11) is 0. The summed E-state index contributed by atoms with van der Waals surface area (Å²) < 4.78 is 5.71. The van der Waals surface area contributed by atoms with Crippen LogP contribution in [0.4, 0.5) is 0 Å². The molecule has 7 nitrogen and oxygen atoms in total. The number of benzene rings is 1. The average Bonchev–Trinajstić information content (AvgIpc) is 3.26. The van der Waals surface area contributed by atoms with Crippen molar-refractivity contribution in [3.63, 3.8) is 0 Å². The fourth-order valence-corrected chi connectivity index (χ4v) is 3.90. The lowest BCUT2D eigenvalue weighted by atomic mass is 10.0. The summed E-state index contributed by atoms with van der Waals surface area (Å²) in [6.07, 6.45) is 4.06. The fourth-order valence-electron chi connectivity index (χ4n) is 3.79. The second-order valence-electron chi connectivity index (χ2n) is 7.74. The van der Waals surface area contributed by atoms with Crippen molar-refractivity contribution in [2.75, 3.05) is 19.7 Å². The van der Waals surface area contributed by atoms with Gasteiger partial charge < -0.3 is 14.6 Å². The molecule has 1 atom stereocenters. The molecule has 0 aliphatic carbocycles. The summed E-state index contributed by atoms with van der Waals surface area (Å²) in [5.74, 6) is 1.05. The first-order chi connectivity index (χ1) is 14.9. The van der Waals surface area contributed by atoms with Gasteiger partial charge in [0.1, 0.15) is 11.6 Å². The summed E-state index contributed by atoms with van der Waals surface area (Å²) in [5, 5.41) is 0.706. The molecule has 2 aromatic heterocycles. The predicted octanol–water partition coefficient (Wildman–Crippen LogP) is 3.50. The van der Waals surface area contributed by atoms with Crippen molar-refractivity contribution in [1.82, 2.24) is 19.9 Å². The zero-order valence-electron chi connectivity index (χ0n) is 17.4. The zero-order chi connectivity index (χ0) is 22.0. The normalized spacial score (nSPS) is 15.8. The van der Waals surface area contributed by atoms with Gasteiger partial charge >= 0.3 is 0 Å². The first-order valence-corrected chi connectivity index (χ1v) is 10.5. The van der Waals surface area contributed by atoms with E-state index < -0.39 is 0 Å². The lowest BCUT2D eigenvalue weighted by Gasteiger charge is -2.17. The lowest BCUT2D eigenvalue weighted by Crippen LogP contribution is -2.33. The molecule has 1 unspecified atom stereocenters. The number of aryl methyl sites for hydroxylation is 2. The Morgan fingerprint density at radius 3 is 2.65 bits per heavy atom. The molecule has 8 heteroatoms. The standard InChI is InChI=1S/C23H23ClN4O3/c1-14-9-18(10-15(2)22(14)24)31-13-21(30)28-8-5-17(12-28)19-11-20(29)27-23(26-19)16-3-6-25-7-4-16/h3-4,6-7,9-11,17H,5,8,12-13H2,1-2H3,(H,26,27,29). The predicted molar refractivity (Wildman–Crippen MR) is 118 cm³/mol. The Morgan fingerprint density at radius 1 is 1.23 bits per heavy atom. The average molecular weight is 439 g/mol. The van der Waals surface area contributed by atoms with Crippen molar-refractivity contribution in [2.24, 2.45) is 0 Å². The summed E-state index contributed by atoms with van der Waals surface area (Å²) in [4.78, 5) is 38.0. The van der Waals surface area contributed by atoms with E-state index in [9.17, 15) is 9.59 Å².